The van der Waals surface area contributed by atoms with Gasteiger partial charge in [-0.2, -0.15) is 0 Å². The zero-order valence-corrected chi connectivity index (χ0v) is 12.8. The van der Waals surface area contributed by atoms with E-state index >= 15 is 0 Å². The molecule has 23 heavy (non-hydrogen) atoms. The van der Waals surface area contributed by atoms with E-state index in [1.165, 1.54) is 0 Å². The van der Waals surface area contributed by atoms with E-state index in [9.17, 15) is 9.59 Å². The van der Waals surface area contributed by atoms with Gasteiger partial charge in [-0.05, 0) is 43.7 Å². The molecule has 0 bridgehead atoms. The van der Waals surface area contributed by atoms with Crippen molar-refractivity contribution in [2.75, 3.05) is 11.9 Å². The summed E-state index contributed by atoms with van der Waals surface area (Å²) in [5.74, 6) is 1.06. The largest absolute Gasteiger partial charge is 0.482 e. The van der Waals surface area contributed by atoms with Gasteiger partial charge >= 0.3 is 0 Å². The summed E-state index contributed by atoms with van der Waals surface area (Å²) in [6.07, 6.45) is 3.20. The lowest BCUT2D eigenvalue weighted by Gasteiger charge is -2.19. The standard InChI is InChI=1S/C17H18N2O4/c1-11(4-6-13-3-2-8-22-13)18-17(21)12-5-7-14-15(9-12)23-10-16(20)19-14/h2-3,5,7-9,11H,4,6,10H2,1H3,(H,18,21)(H,19,20)/t11-/m1/s1. The molecule has 2 aromatic rings. The number of amides is 2. The summed E-state index contributed by atoms with van der Waals surface area (Å²) in [6, 6.07) is 8.78. The van der Waals surface area contributed by atoms with E-state index in [2.05, 4.69) is 10.6 Å². The van der Waals surface area contributed by atoms with Crippen LogP contribution in [-0.4, -0.2) is 24.5 Å². The van der Waals surface area contributed by atoms with Gasteiger partial charge in [-0.25, -0.2) is 0 Å². The van der Waals surface area contributed by atoms with Crippen LogP contribution in [0.25, 0.3) is 0 Å². The number of benzene rings is 1. The van der Waals surface area contributed by atoms with Gasteiger partial charge in [0, 0.05) is 18.0 Å². The van der Waals surface area contributed by atoms with Gasteiger partial charge in [-0.1, -0.05) is 0 Å². The topological polar surface area (TPSA) is 80.6 Å². The van der Waals surface area contributed by atoms with E-state index in [4.69, 9.17) is 9.15 Å². The van der Waals surface area contributed by atoms with Crippen LogP contribution in [0.4, 0.5) is 5.69 Å². The van der Waals surface area contributed by atoms with Crippen molar-refractivity contribution in [1.82, 2.24) is 5.32 Å². The van der Waals surface area contributed by atoms with Crippen molar-refractivity contribution in [2.45, 2.75) is 25.8 Å². The Labute approximate surface area is 133 Å². The van der Waals surface area contributed by atoms with E-state index in [0.717, 1.165) is 18.6 Å². The number of ether oxygens (including phenoxy) is 1. The summed E-state index contributed by atoms with van der Waals surface area (Å²) in [6.45, 7) is 1.92. The van der Waals surface area contributed by atoms with E-state index in [0.29, 0.717) is 17.0 Å². The lowest BCUT2D eigenvalue weighted by atomic mass is 10.1. The molecule has 0 radical (unpaired) electrons. The second-order valence-electron chi connectivity index (χ2n) is 5.54. The highest BCUT2D eigenvalue weighted by Crippen LogP contribution is 2.28. The molecule has 0 unspecified atom stereocenters. The molecule has 6 nitrogen and oxygen atoms in total. The van der Waals surface area contributed by atoms with Crippen LogP contribution in [0.15, 0.2) is 41.0 Å². The average Bonchev–Trinajstić information content (AvgIpc) is 3.05. The highest BCUT2D eigenvalue weighted by Gasteiger charge is 2.18. The molecule has 1 aliphatic heterocycles. The molecule has 2 amide bonds. The Morgan fingerprint density at radius 2 is 2.26 bits per heavy atom. The fourth-order valence-electron chi connectivity index (χ4n) is 2.41. The highest BCUT2D eigenvalue weighted by atomic mass is 16.5. The molecular formula is C17H18N2O4. The fourth-order valence-corrected chi connectivity index (χ4v) is 2.41. The summed E-state index contributed by atoms with van der Waals surface area (Å²) < 4.78 is 10.6. The second kappa shape index (κ2) is 6.56. The van der Waals surface area contributed by atoms with E-state index in [-0.39, 0.29) is 24.5 Å². The first kappa shape index (κ1) is 15.1. The van der Waals surface area contributed by atoms with Gasteiger partial charge in [-0.15, -0.1) is 0 Å². The Kier molecular flexibility index (Phi) is 4.32. The number of rotatable bonds is 5. The number of carbonyl (C=O) groups is 2. The maximum atomic E-state index is 12.3. The molecule has 0 aliphatic carbocycles. The van der Waals surface area contributed by atoms with Crippen molar-refractivity contribution in [3.05, 3.63) is 47.9 Å². The molecule has 2 heterocycles. The molecule has 1 aromatic heterocycles. The predicted molar refractivity (Wildman–Crippen MR) is 84.5 cm³/mol. The number of nitrogens with one attached hydrogen (secondary N) is 2. The maximum absolute atomic E-state index is 12.3. The molecule has 1 atom stereocenters. The van der Waals surface area contributed by atoms with Crippen molar-refractivity contribution >= 4 is 17.5 Å². The summed E-state index contributed by atoms with van der Waals surface area (Å²) >= 11 is 0. The Morgan fingerprint density at radius 1 is 1.39 bits per heavy atom. The summed E-state index contributed by atoms with van der Waals surface area (Å²) in [5, 5.41) is 5.65. The van der Waals surface area contributed by atoms with Crippen LogP contribution in [0, 0.1) is 0 Å². The Hall–Kier alpha value is -2.76. The van der Waals surface area contributed by atoms with Gasteiger partial charge in [0.15, 0.2) is 6.61 Å². The monoisotopic (exact) mass is 314 g/mol. The van der Waals surface area contributed by atoms with Crippen molar-refractivity contribution in [2.24, 2.45) is 0 Å². The Bertz CT molecular complexity index is 709. The molecule has 0 fully saturated rings. The molecule has 0 saturated heterocycles. The van der Waals surface area contributed by atoms with Gasteiger partial charge in [0.05, 0.1) is 12.0 Å². The minimum absolute atomic E-state index is 0.0178. The number of hydrogen-bond acceptors (Lipinski definition) is 4. The number of hydrogen-bond donors (Lipinski definition) is 2. The van der Waals surface area contributed by atoms with Crippen molar-refractivity contribution in [1.29, 1.82) is 0 Å². The molecule has 6 heteroatoms. The van der Waals surface area contributed by atoms with Crippen LogP contribution >= 0.6 is 0 Å². The SMILES string of the molecule is C[C@H](CCc1ccco1)NC(=O)c1ccc2c(c1)OCC(=O)N2. The molecule has 0 saturated carbocycles. The van der Waals surface area contributed by atoms with Gasteiger partial charge in [0.25, 0.3) is 11.8 Å². The quantitative estimate of drug-likeness (QED) is 0.888. The van der Waals surface area contributed by atoms with Crippen LogP contribution in [-0.2, 0) is 11.2 Å². The second-order valence-corrected chi connectivity index (χ2v) is 5.54. The summed E-state index contributed by atoms with van der Waals surface area (Å²) in [7, 11) is 0. The van der Waals surface area contributed by atoms with Crippen LogP contribution in [0.2, 0.25) is 0 Å². The Balaban J connectivity index is 1.58. The molecule has 1 aromatic carbocycles. The van der Waals surface area contributed by atoms with Crippen LogP contribution in [0.5, 0.6) is 5.75 Å². The van der Waals surface area contributed by atoms with Crippen LogP contribution in [0.3, 0.4) is 0 Å². The number of anilines is 1. The van der Waals surface area contributed by atoms with Crippen molar-refractivity contribution < 1.29 is 18.7 Å². The maximum Gasteiger partial charge on any atom is 0.262 e. The van der Waals surface area contributed by atoms with Gasteiger partial charge in [0.2, 0.25) is 0 Å². The summed E-state index contributed by atoms with van der Waals surface area (Å²) in [5.41, 5.74) is 1.09. The van der Waals surface area contributed by atoms with E-state index in [1.54, 1.807) is 24.5 Å². The minimum Gasteiger partial charge on any atom is -0.482 e. The Morgan fingerprint density at radius 3 is 3.04 bits per heavy atom. The normalized spacial score (nSPS) is 14.4. The average molecular weight is 314 g/mol. The van der Waals surface area contributed by atoms with Crippen molar-refractivity contribution in [3.63, 3.8) is 0 Å². The third-order valence-electron chi connectivity index (χ3n) is 3.66. The number of furan rings is 1. The zero-order chi connectivity index (χ0) is 16.2. The third kappa shape index (κ3) is 3.71. The lowest BCUT2D eigenvalue weighted by molar-refractivity contribution is -0.118. The highest BCUT2D eigenvalue weighted by molar-refractivity contribution is 5.99. The van der Waals surface area contributed by atoms with Crippen molar-refractivity contribution in [3.8, 4) is 5.75 Å². The zero-order valence-electron chi connectivity index (χ0n) is 12.8. The number of fused-ring (bicyclic) bond motifs is 1. The smallest absolute Gasteiger partial charge is 0.262 e. The lowest BCUT2D eigenvalue weighted by Crippen LogP contribution is -2.33. The van der Waals surface area contributed by atoms with Gasteiger partial charge < -0.3 is 19.8 Å². The van der Waals surface area contributed by atoms with Gasteiger partial charge in [-0.3, -0.25) is 9.59 Å². The van der Waals surface area contributed by atoms with E-state index < -0.39 is 0 Å². The number of carbonyl (C=O) groups excluding carboxylic acids is 2. The minimum atomic E-state index is -0.193. The first-order valence-corrected chi connectivity index (χ1v) is 7.52. The van der Waals surface area contributed by atoms with Crippen LogP contribution in [0.1, 0.15) is 29.5 Å². The molecule has 0 spiro atoms. The molecule has 3 rings (SSSR count). The molecule has 2 N–H and O–H groups in total. The molecule has 120 valence electrons. The summed E-state index contributed by atoms with van der Waals surface area (Å²) in [4.78, 5) is 23.5. The predicted octanol–water partition coefficient (Wildman–Crippen LogP) is 2.36. The molecular weight excluding hydrogens is 296 g/mol. The van der Waals surface area contributed by atoms with Crippen LogP contribution < -0.4 is 15.4 Å². The van der Waals surface area contributed by atoms with E-state index in [1.807, 2.05) is 19.1 Å². The first-order chi connectivity index (χ1) is 11.1. The van der Waals surface area contributed by atoms with Gasteiger partial charge in [0.1, 0.15) is 11.5 Å². The first-order valence-electron chi connectivity index (χ1n) is 7.52. The third-order valence-corrected chi connectivity index (χ3v) is 3.66. The fraction of sp³-hybridized carbons (Fsp3) is 0.294. The molecule has 1 aliphatic rings. The number of aryl methyl sites for hydroxylation is 1.